The summed E-state index contributed by atoms with van der Waals surface area (Å²) in [4.78, 5) is 2.42. The minimum Gasteiger partial charge on any atom is -0.490 e. The molecule has 1 N–H and O–H groups in total. The number of benzene rings is 1. The summed E-state index contributed by atoms with van der Waals surface area (Å²) < 4.78 is 11.7. The predicted molar refractivity (Wildman–Crippen MR) is 105 cm³/mol. The summed E-state index contributed by atoms with van der Waals surface area (Å²) in [7, 11) is 0. The zero-order valence-corrected chi connectivity index (χ0v) is 16.8. The van der Waals surface area contributed by atoms with Gasteiger partial charge in [-0.25, -0.2) is 0 Å². The molecule has 2 aromatic rings. The number of hydrogen-bond donors (Lipinski definition) is 1. The van der Waals surface area contributed by atoms with Gasteiger partial charge in [-0.3, -0.25) is 10.00 Å². The first-order chi connectivity index (χ1) is 12.5. The first kappa shape index (κ1) is 19.1. The van der Waals surface area contributed by atoms with Crippen LogP contribution in [0.25, 0.3) is 11.3 Å². The van der Waals surface area contributed by atoms with Gasteiger partial charge in [-0.05, 0) is 31.5 Å². The van der Waals surface area contributed by atoms with Crippen LogP contribution in [0.4, 0.5) is 0 Å². The minimum atomic E-state index is 0.415. The van der Waals surface area contributed by atoms with Crippen molar-refractivity contribution in [2.24, 2.45) is 5.92 Å². The Morgan fingerprint density at radius 2 is 2.08 bits per heavy atom. The third-order valence-electron chi connectivity index (χ3n) is 4.60. The topological polar surface area (TPSA) is 50.4 Å². The Bertz CT molecular complexity index is 758. The third-order valence-corrected chi connectivity index (χ3v) is 4.88. The number of rotatable bonds is 7. The third kappa shape index (κ3) is 3.99. The number of ether oxygens (including phenoxy) is 2. The van der Waals surface area contributed by atoms with Gasteiger partial charge in [0.1, 0.15) is 0 Å². The van der Waals surface area contributed by atoms with E-state index < -0.39 is 0 Å². The van der Waals surface area contributed by atoms with Crippen LogP contribution in [-0.2, 0) is 13.0 Å². The van der Waals surface area contributed by atoms with Crippen LogP contribution >= 0.6 is 11.6 Å². The van der Waals surface area contributed by atoms with Crippen molar-refractivity contribution in [2.45, 2.75) is 40.7 Å². The van der Waals surface area contributed by atoms with Crippen molar-refractivity contribution in [2.75, 3.05) is 26.3 Å². The van der Waals surface area contributed by atoms with Gasteiger partial charge in [0.15, 0.2) is 11.5 Å². The highest BCUT2D eigenvalue weighted by molar-refractivity contribution is 6.32. The van der Waals surface area contributed by atoms with E-state index in [0.29, 0.717) is 35.7 Å². The number of likely N-dealkylation sites (N-methyl/N-ethyl adjacent to an activating group) is 1. The molecule has 0 spiro atoms. The molecule has 1 aliphatic heterocycles. The van der Waals surface area contributed by atoms with Gasteiger partial charge in [-0.2, -0.15) is 5.10 Å². The van der Waals surface area contributed by atoms with E-state index >= 15 is 0 Å². The van der Waals surface area contributed by atoms with E-state index in [2.05, 4.69) is 35.9 Å². The lowest BCUT2D eigenvalue weighted by molar-refractivity contribution is 0.248. The summed E-state index contributed by atoms with van der Waals surface area (Å²) in [5.41, 5.74) is 4.40. The second-order valence-electron chi connectivity index (χ2n) is 7.07. The molecule has 0 saturated carbocycles. The van der Waals surface area contributed by atoms with Gasteiger partial charge >= 0.3 is 0 Å². The van der Waals surface area contributed by atoms with Crippen molar-refractivity contribution in [1.29, 1.82) is 0 Å². The maximum atomic E-state index is 6.56. The van der Waals surface area contributed by atoms with Gasteiger partial charge in [0, 0.05) is 36.3 Å². The molecule has 2 heterocycles. The number of nitrogens with one attached hydrogen (secondary N) is 1. The van der Waals surface area contributed by atoms with Crippen molar-refractivity contribution >= 4 is 11.6 Å². The lowest BCUT2D eigenvalue weighted by Gasteiger charge is -2.25. The molecule has 5 nitrogen and oxygen atoms in total. The Labute approximate surface area is 160 Å². The summed E-state index contributed by atoms with van der Waals surface area (Å²) in [5, 5.41) is 8.34. The molecule has 0 aliphatic carbocycles. The van der Waals surface area contributed by atoms with Gasteiger partial charge in [-0.15, -0.1) is 0 Å². The molecule has 0 bridgehead atoms. The van der Waals surface area contributed by atoms with Crippen molar-refractivity contribution in [3.8, 4) is 22.8 Å². The summed E-state index contributed by atoms with van der Waals surface area (Å²) in [6.45, 7) is 12.5. The Kier molecular flexibility index (Phi) is 6.09. The average molecular weight is 378 g/mol. The van der Waals surface area contributed by atoms with Crippen LogP contribution < -0.4 is 9.47 Å². The van der Waals surface area contributed by atoms with Crippen molar-refractivity contribution < 1.29 is 9.47 Å². The smallest absolute Gasteiger partial charge is 0.179 e. The van der Waals surface area contributed by atoms with Crippen LogP contribution in [0.1, 0.15) is 39.0 Å². The molecule has 3 rings (SSSR count). The first-order valence-corrected chi connectivity index (χ1v) is 9.79. The zero-order valence-electron chi connectivity index (χ0n) is 16.1. The second-order valence-corrected chi connectivity index (χ2v) is 7.48. The van der Waals surface area contributed by atoms with Crippen LogP contribution in [0.2, 0.25) is 5.02 Å². The van der Waals surface area contributed by atoms with Crippen molar-refractivity contribution in [1.82, 2.24) is 15.1 Å². The van der Waals surface area contributed by atoms with Crippen LogP contribution in [0.15, 0.2) is 12.1 Å². The molecule has 1 aromatic heterocycles. The highest BCUT2D eigenvalue weighted by atomic mass is 35.5. The standard InChI is InChI=1S/C20H28ClN3O2/c1-5-24-8-7-17-15(11-24)19(23-22-17)14-9-16(21)20(26-12-13(3)4)18(10-14)25-6-2/h9-10,13H,5-8,11-12H2,1-4H3,(H,22,23). The van der Waals surface area contributed by atoms with Crippen LogP contribution in [-0.4, -0.2) is 41.4 Å². The van der Waals surface area contributed by atoms with Gasteiger partial charge in [-0.1, -0.05) is 32.4 Å². The molecule has 1 aromatic carbocycles. The molecule has 0 radical (unpaired) electrons. The quantitative estimate of drug-likeness (QED) is 0.769. The molecule has 0 amide bonds. The van der Waals surface area contributed by atoms with Crippen LogP contribution in [0.3, 0.4) is 0 Å². The number of hydrogen-bond acceptors (Lipinski definition) is 4. The minimum absolute atomic E-state index is 0.415. The Morgan fingerprint density at radius 1 is 1.27 bits per heavy atom. The summed E-state index contributed by atoms with van der Waals surface area (Å²) in [6.07, 6.45) is 0.998. The normalized spacial score (nSPS) is 14.5. The number of aromatic amines is 1. The average Bonchev–Trinajstić information content (AvgIpc) is 3.03. The number of aromatic nitrogens is 2. The van der Waals surface area contributed by atoms with Gasteiger partial charge in [0.05, 0.1) is 23.9 Å². The lowest BCUT2D eigenvalue weighted by atomic mass is 10.0. The molecule has 1 aliphatic rings. The van der Waals surface area contributed by atoms with Crippen molar-refractivity contribution in [3.05, 3.63) is 28.4 Å². The highest BCUT2D eigenvalue weighted by Gasteiger charge is 2.23. The molecular weight excluding hydrogens is 350 g/mol. The Morgan fingerprint density at radius 3 is 2.77 bits per heavy atom. The summed E-state index contributed by atoms with van der Waals surface area (Å²) >= 11 is 6.56. The van der Waals surface area contributed by atoms with E-state index in [-0.39, 0.29) is 0 Å². The first-order valence-electron chi connectivity index (χ1n) is 9.41. The second kappa shape index (κ2) is 8.31. The number of halogens is 1. The molecule has 0 fully saturated rings. The largest absolute Gasteiger partial charge is 0.490 e. The molecule has 0 unspecified atom stereocenters. The van der Waals surface area contributed by atoms with Gasteiger partial charge < -0.3 is 9.47 Å². The maximum absolute atomic E-state index is 6.56. The van der Waals surface area contributed by atoms with Crippen LogP contribution in [0.5, 0.6) is 11.5 Å². The molecule has 26 heavy (non-hydrogen) atoms. The van der Waals surface area contributed by atoms with E-state index in [1.165, 1.54) is 11.3 Å². The molecule has 6 heteroatoms. The summed E-state index contributed by atoms with van der Waals surface area (Å²) in [6, 6.07) is 3.92. The fourth-order valence-corrected chi connectivity index (χ4v) is 3.48. The highest BCUT2D eigenvalue weighted by Crippen LogP contribution is 2.41. The predicted octanol–water partition coefficient (Wildman–Crippen LogP) is 4.54. The van der Waals surface area contributed by atoms with Crippen molar-refractivity contribution in [3.63, 3.8) is 0 Å². The van der Waals surface area contributed by atoms with E-state index in [1.54, 1.807) is 0 Å². The summed E-state index contributed by atoms with van der Waals surface area (Å²) in [5.74, 6) is 1.71. The van der Waals surface area contributed by atoms with E-state index in [0.717, 1.165) is 37.3 Å². The fraction of sp³-hybridized carbons (Fsp3) is 0.550. The SMILES string of the molecule is CCOc1cc(-c2n[nH]c3c2CN(CC)CC3)cc(Cl)c1OCC(C)C. The molecule has 0 saturated heterocycles. The van der Waals surface area contributed by atoms with Crippen LogP contribution in [0, 0.1) is 5.92 Å². The van der Waals surface area contributed by atoms with Gasteiger partial charge in [0.2, 0.25) is 0 Å². The monoisotopic (exact) mass is 377 g/mol. The Balaban J connectivity index is 1.98. The maximum Gasteiger partial charge on any atom is 0.179 e. The molecular formula is C20H28ClN3O2. The Hall–Kier alpha value is -1.72. The lowest BCUT2D eigenvalue weighted by Crippen LogP contribution is -2.30. The van der Waals surface area contributed by atoms with E-state index in [9.17, 15) is 0 Å². The fourth-order valence-electron chi connectivity index (χ4n) is 3.22. The van der Waals surface area contributed by atoms with E-state index in [4.69, 9.17) is 21.1 Å². The number of fused-ring (bicyclic) bond motifs is 1. The molecule has 0 atom stereocenters. The number of nitrogens with zero attached hydrogens (tertiary/aromatic N) is 2. The number of H-pyrrole nitrogens is 1. The molecule has 142 valence electrons. The zero-order chi connectivity index (χ0) is 18.7. The van der Waals surface area contributed by atoms with Gasteiger partial charge in [0.25, 0.3) is 0 Å². The van der Waals surface area contributed by atoms with E-state index in [1.807, 2.05) is 19.1 Å².